The SMILES string of the molecule is O=C(CSc1ccc([N+](=O)[O-])cc1)Oc1ccc(Cl)cc1Cl. The Hall–Kier alpha value is -1.76. The van der Waals surface area contributed by atoms with Gasteiger partial charge in [-0.05, 0) is 30.3 Å². The van der Waals surface area contributed by atoms with Crippen molar-refractivity contribution in [1.29, 1.82) is 0 Å². The number of nitrogens with zero attached hydrogens (tertiary/aromatic N) is 1. The summed E-state index contributed by atoms with van der Waals surface area (Å²) in [7, 11) is 0. The van der Waals surface area contributed by atoms with Crippen molar-refractivity contribution in [1.82, 2.24) is 0 Å². The van der Waals surface area contributed by atoms with Crippen LogP contribution in [0.25, 0.3) is 0 Å². The highest BCUT2D eigenvalue weighted by molar-refractivity contribution is 8.00. The monoisotopic (exact) mass is 357 g/mol. The second-order valence-electron chi connectivity index (χ2n) is 4.09. The maximum Gasteiger partial charge on any atom is 0.321 e. The first-order valence-corrected chi connectivity index (χ1v) is 7.73. The third-order valence-corrected chi connectivity index (χ3v) is 4.04. The van der Waals surface area contributed by atoms with E-state index >= 15 is 0 Å². The molecule has 0 saturated heterocycles. The summed E-state index contributed by atoms with van der Waals surface area (Å²) >= 11 is 12.9. The number of carbonyl (C=O) groups excluding carboxylic acids is 1. The van der Waals surface area contributed by atoms with Crippen LogP contribution in [0.4, 0.5) is 5.69 Å². The minimum atomic E-state index is -0.481. The molecule has 0 aromatic heterocycles. The Balaban J connectivity index is 1.91. The molecule has 8 heteroatoms. The number of rotatable bonds is 5. The van der Waals surface area contributed by atoms with Crippen molar-refractivity contribution in [3.05, 3.63) is 62.6 Å². The van der Waals surface area contributed by atoms with Crippen molar-refractivity contribution in [2.24, 2.45) is 0 Å². The van der Waals surface area contributed by atoms with Gasteiger partial charge < -0.3 is 4.74 Å². The summed E-state index contributed by atoms with van der Waals surface area (Å²) in [5.41, 5.74) is -0.000118. The predicted molar refractivity (Wildman–Crippen MR) is 85.9 cm³/mol. The quantitative estimate of drug-likeness (QED) is 0.257. The fourth-order valence-electron chi connectivity index (χ4n) is 1.52. The molecule has 2 aromatic rings. The van der Waals surface area contributed by atoms with Gasteiger partial charge in [-0.1, -0.05) is 23.2 Å². The molecular formula is C14H9Cl2NO4S. The largest absolute Gasteiger partial charge is 0.424 e. The highest BCUT2D eigenvalue weighted by Crippen LogP contribution is 2.28. The van der Waals surface area contributed by atoms with Gasteiger partial charge in [0, 0.05) is 22.1 Å². The van der Waals surface area contributed by atoms with Crippen LogP contribution in [0, 0.1) is 10.1 Å². The number of thioether (sulfide) groups is 1. The van der Waals surface area contributed by atoms with Crippen LogP contribution in [-0.4, -0.2) is 16.6 Å². The number of halogens is 2. The summed E-state index contributed by atoms with van der Waals surface area (Å²) in [4.78, 5) is 22.5. The Morgan fingerprint density at radius 2 is 1.86 bits per heavy atom. The second-order valence-corrected chi connectivity index (χ2v) is 5.98. The number of non-ortho nitro benzene ring substituents is 1. The van der Waals surface area contributed by atoms with E-state index in [1.54, 1.807) is 18.2 Å². The fraction of sp³-hybridized carbons (Fsp3) is 0.0714. The molecule has 22 heavy (non-hydrogen) atoms. The smallest absolute Gasteiger partial charge is 0.321 e. The average Bonchev–Trinajstić information content (AvgIpc) is 2.48. The molecule has 0 spiro atoms. The molecule has 0 atom stereocenters. The summed E-state index contributed by atoms with van der Waals surface area (Å²) in [6.45, 7) is 0. The van der Waals surface area contributed by atoms with Crippen molar-refractivity contribution in [3.63, 3.8) is 0 Å². The van der Waals surface area contributed by atoms with Crippen LogP contribution in [0.15, 0.2) is 47.4 Å². The molecule has 5 nitrogen and oxygen atoms in total. The molecule has 0 aliphatic rings. The Morgan fingerprint density at radius 1 is 1.18 bits per heavy atom. The molecule has 2 rings (SSSR count). The topological polar surface area (TPSA) is 69.4 Å². The van der Waals surface area contributed by atoms with Crippen LogP contribution in [-0.2, 0) is 4.79 Å². The van der Waals surface area contributed by atoms with Crippen LogP contribution in [0.2, 0.25) is 10.0 Å². The maximum atomic E-state index is 11.8. The second kappa shape index (κ2) is 7.49. The number of nitro benzene ring substituents is 1. The lowest BCUT2D eigenvalue weighted by molar-refractivity contribution is -0.384. The van der Waals surface area contributed by atoms with Crippen LogP contribution in [0.3, 0.4) is 0 Å². The average molecular weight is 358 g/mol. The van der Waals surface area contributed by atoms with Gasteiger partial charge >= 0.3 is 5.97 Å². The van der Waals surface area contributed by atoms with Gasteiger partial charge in [0.2, 0.25) is 0 Å². The first kappa shape index (κ1) is 16.6. The van der Waals surface area contributed by atoms with Crippen molar-refractivity contribution in [2.75, 3.05) is 5.75 Å². The molecule has 0 radical (unpaired) electrons. The van der Waals surface area contributed by atoms with Crippen LogP contribution in [0.1, 0.15) is 0 Å². The van der Waals surface area contributed by atoms with E-state index < -0.39 is 10.9 Å². The normalized spacial score (nSPS) is 10.3. The van der Waals surface area contributed by atoms with Gasteiger partial charge in [0.05, 0.1) is 15.7 Å². The lowest BCUT2D eigenvalue weighted by Gasteiger charge is -2.06. The Morgan fingerprint density at radius 3 is 2.45 bits per heavy atom. The van der Waals surface area contributed by atoms with Gasteiger partial charge in [-0.25, -0.2) is 0 Å². The molecule has 0 aliphatic heterocycles. The fourth-order valence-corrected chi connectivity index (χ4v) is 2.64. The number of hydrogen-bond donors (Lipinski definition) is 0. The van der Waals surface area contributed by atoms with Crippen LogP contribution < -0.4 is 4.74 Å². The third kappa shape index (κ3) is 4.62. The molecule has 114 valence electrons. The van der Waals surface area contributed by atoms with Crippen molar-refractivity contribution in [2.45, 2.75) is 4.90 Å². The van der Waals surface area contributed by atoms with Crippen molar-refractivity contribution >= 4 is 46.6 Å². The summed E-state index contributed by atoms with van der Waals surface area (Å²) in [6, 6.07) is 10.5. The number of benzene rings is 2. The molecule has 0 unspecified atom stereocenters. The molecule has 0 aliphatic carbocycles. The standard InChI is InChI=1S/C14H9Cl2NO4S/c15-9-1-6-13(12(16)7-9)21-14(18)8-22-11-4-2-10(3-5-11)17(19)20/h1-7H,8H2. The van der Waals surface area contributed by atoms with Crippen molar-refractivity contribution < 1.29 is 14.5 Å². The molecule has 0 saturated carbocycles. The van der Waals surface area contributed by atoms with Gasteiger partial charge in [-0.3, -0.25) is 14.9 Å². The van der Waals surface area contributed by atoms with Gasteiger partial charge in [0.1, 0.15) is 5.75 Å². The van der Waals surface area contributed by atoms with E-state index in [0.717, 1.165) is 4.90 Å². The van der Waals surface area contributed by atoms with Gasteiger partial charge in [-0.2, -0.15) is 0 Å². The van der Waals surface area contributed by atoms with E-state index in [0.29, 0.717) is 5.02 Å². The van der Waals surface area contributed by atoms with E-state index in [1.165, 1.54) is 36.0 Å². The van der Waals surface area contributed by atoms with Gasteiger partial charge in [-0.15, -0.1) is 11.8 Å². The Bertz CT molecular complexity index is 706. The molecule has 0 bridgehead atoms. The van der Waals surface area contributed by atoms with Gasteiger partial charge in [0.15, 0.2) is 0 Å². The highest BCUT2D eigenvalue weighted by Gasteiger charge is 2.10. The molecule has 2 aromatic carbocycles. The predicted octanol–water partition coefficient (Wildman–Crippen LogP) is 4.60. The maximum absolute atomic E-state index is 11.8. The molecule has 0 fully saturated rings. The van der Waals surface area contributed by atoms with Gasteiger partial charge in [0.25, 0.3) is 5.69 Å². The minimum absolute atomic E-state index is 0.000118. The van der Waals surface area contributed by atoms with E-state index in [2.05, 4.69) is 0 Å². The molecule has 0 amide bonds. The number of esters is 1. The first-order valence-electron chi connectivity index (χ1n) is 5.98. The van der Waals surface area contributed by atoms with E-state index in [4.69, 9.17) is 27.9 Å². The zero-order valence-electron chi connectivity index (χ0n) is 11.0. The number of hydrogen-bond acceptors (Lipinski definition) is 5. The first-order chi connectivity index (χ1) is 10.5. The lowest BCUT2D eigenvalue weighted by atomic mass is 10.3. The van der Waals surface area contributed by atoms with E-state index in [9.17, 15) is 14.9 Å². The Kier molecular flexibility index (Phi) is 5.65. The number of carbonyl (C=O) groups is 1. The third-order valence-electron chi connectivity index (χ3n) is 2.52. The summed E-state index contributed by atoms with van der Waals surface area (Å²) in [5.74, 6) is -0.190. The lowest BCUT2D eigenvalue weighted by Crippen LogP contribution is -2.10. The van der Waals surface area contributed by atoms with E-state index in [-0.39, 0.29) is 22.2 Å². The summed E-state index contributed by atoms with van der Waals surface area (Å²) in [6.07, 6.45) is 0. The summed E-state index contributed by atoms with van der Waals surface area (Å²) in [5, 5.41) is 11.2. The van der Waals surface area contributed by atoms with Crippen LogP contribution >= 0.6 is 35.0 Å². The molecule has 0 heterocycles. The zero-order chi connectivity index (χ0) is 16.1. The molecular weight excluding hydrogens is 349 g/mol. The zero-order valence-corrected chi connectivity index (χ0v) is 13.3. The van der Waals surface area contributed by atoms with Crippen LogP contribution in [0.5, 0.6) is 5.75 Å². The number of nitro groups is 1. The van der Waals surface area contributed by atoms with E-state index in [1.807, 2.05) is 0 Å². The summed E-state index contributed by atoms with van der Waals surface area (Å²) < 4.78 is 5.13. The molecule has 0 N–H and O–H groups in total. The highest BCUT2D eigenvalue weighted by atomic mass is 35.5. The Labute approximate surface area is 140 Å². The number of ether oxygens (including phenoxy) is 1. The minimum Gasteiger partial charge on any atom is -0.424 e. The van der Waals surface area contributed by atoms with Crippen molar-refractivity contribution in [3.8, 4) is 5.75 Å².